The summed E-state index contributed by atoms with van der Waals surface area (Å²) in [5.41, 5.74) is 1.89. The van der Waals surface area contributed by atoms with Crippen molar-refractivity contribution in [1.29, 1.82) is 0 Å². The number of nitrogens with zero attached hydrogens (tertiary/aromatic N) is 2. The van der Waals surface area contributed by atoms with Crippen LogP contribution in [0, 0.1) is 0 Å². The van der Waals surface area contributed by atoms with Gasteiger partial charge in [-0.15, -0.1) is 0 Å². The fraction of sp³-hybridized carbons (Fsp3) is 0.368. The minimum absolute atomic E-state index is 0.149. The first kappa shape index (κ1) is 16.5. The third-order valence-electron chi connectivity index (χ3n) is 4.37. The second kappa shape index (κ2) is 8.45. The number of pyridine rings is 1. The highest BCUT2D eigenvalue weighted by molar-refractivity contribution is 5.89. The molecular weight excluding hydrogens is 300 g/mol. The van der Waals surface area contributed by atoms with Crippen molar-refractivity contribution in [3.05, 3.63) is 60.4 Å². The second-order valence-corrected chi connectivity index (χ2v) is 6.14. The summed E-state index contributed by atoms with van der Waals surface area (Å²) in [6.07, 6.45) is 5.36. The van der Waals surface area contributed by atoms with Crippen LogP contribution >= 0.6 is 0 Å². The minimum atomic E-state index is -0.149. The topological polar surface area (TPSA) is 57.3 Å². The Morgan fingerprint density at radius 3 is 2.75 bits per heavy atom. The first-order valence-electron chi connectivity index (χ1n) is 8.55. The Bertz CT molecular complexity index is 632. The van der Waals surface area contributed by atoms with Crippen molar-refractivity contribution in [2.24, 2.45) is 0 Å². The average Bonchev–Trinajstić information content (AvgIpc) is 2.63. The van der Waals surface area contributed by atoms with E-state index in [1.165, 1.54) is 12.8 Å². The van der Waals surface area contributed by atoms with Gasteiger partial charge in [-0.25, -0.2) is 4.79 Å². The van der Waals surface area contributed by atoms with Crippen LogP contribution < -0.4 is 10.6 Å². The minimum Gasteiger partial charge on any atom is -0.336 e. The number of carbonyl (C=O) groups excluding carboxylic acids is 1. The maximum absolute atomic E-state index is 12.1. The highest BCUT2D eigenvalue weighted by Crippen LogP contribution is 2.18. The van der Waals surface area contributed by atoms with E-state index in [1.807, 2.05) is 48.7 Å². The summed E-state index contributed by atoms with van der Waals surface area (Å²) in [6.45, 7) is 2.56. The van der Waals surface area contributed by atoms with Crippen molar-refractivity contribution < 1.29 is 4.79 Å². The van der Waals surface area contributed by atoms with Crippen LogP contribution in [0.5, 0.6) is 0 Å². The van der Waals surface area contributed by atoms with Crippen LogP contribution in [-0.2, 0) is 6.54 Å². The molecule has 0 radical (unpaired) electrons. The van der Waals surface area contributed by atoms with Gasteiger partial charge in [0.05, 0.1) is 5.69 Å². The number of benzene rings is 1. The van der Waals surface area contributed by atoms with Crippen LogP contribution in [0.2, 0.25) is 0 Å². The van der Waals surface area contributed by atoms with Gasteiger partial charge >= 0.3 is 6.03 Å². The highest BCUT2D eigenvalue weighted by Gasteiger charge is 2.23. The average molecular weight is 324 g/mol. The number of hydrogen-bond donors (Lipinski definition) is 2. The zero-order valence-corrected chi connectivity index (χ0v) is 13.8. The largest absolute Gasteiger partial charge is 0.336 e. The van der Waals surface area contributed by atoms with Gasteiger partial charge in [-0.05, 0) is 43.7 Å². The van der Waals surface area contributed by atoms with Crippen LogP contribution in [0.4, 0.5) is 10.5 Å². The van der Waals surface area contributed by atoms with E-state index in [4.69, 9.17) is 0 Å². The van der Waals surface area contributed by atoms with Crippen molar-refractivity contribution in [3.8, 4) is 0 Å². The van der Waals surface area contributed by atoms with E-state index in [2.05, 4.69) is 26.6 Å². The van der Waals surface area contributed by atoms with Gasteiger partial charge < -0.3 is 10.6 Å². The van der Waals surface area contributed by atoms with E-state index in [9.17, 15) is 4.79 Å². The number of carbonyl (C=O) groups is 1. The quantitative estimate of drug-likeness (QED) is 0.887. The van der Waals surface area contributed by atoms with E-state index >= 15 is 0 Å². The SMILES string of the molecule is O=C(NC[C@@H]1CCCCN1Cc1ccccn1)Nc1ccccc1. The van der Waals surface area contributed by atoms with E-state index in [0.29, 0.717) is 12.6 Å². The van der Waals surface area contributed by atoms with Gasteiger partial charge in [0.25, 0.3) is 0 Å². The van der Waals surface area contributed by atoms with Gasteiger partial charge in [0.2, 0.25) is 0 Å². The molecule has 3 rings (SSSR count). The first-order valence-corrected chi connectivity index (χ1v) is 8.55. The van der Waals surface area contributed by atoms with Gasteiger partial charge in [-0.1, -0.05) is 30.7 Å². The summed E-state index contributed by atoms with van der Waals surface area (Å²) in [5.74, 6) is 0. The van der Waals surface area contributed by atoms with Crippen molar-refractivity contribution in [3.63, 3.8) is 0 Å². The molecule has 1 aromatic carbocycles. The number of hydrogen-bond acceptors (Lipinski definition) is 3. The molecule has 1 atom stereocenters. The van der Waals surface area contributed by atoms with E-state index in [1.54, 1.807) is 0 Å². The predicted octanol–water partition coefficient (Wildman–Crippen LogP) is 3.26. The van der Waals surface area contributed by atoms with Crippen molar-refractivity contribution in [1.82, 2.24) is 15.2 Å². The van der Waals surface area contributed by atoms with E-state index in [-0.39, 0.29) is 6.03 Å². The predicted molar refractivity (Wildman–Crippen MR) is 95.7 cm³/mol. The standard InChI is InChI=1S/C19H24N4O/c24-19(22-16-8-2-1-3-9-16)21-14-18-11-5-7-13-23(18)15-17-10-4-6-12-20-17/h1-4,6,8-10,12,18H,5,7,11,13-15H2,(H2,21,22,24)/t18-/m0/s1. The van der Waals surface area contributed by atoms with Gasteiger partial charge in [0.1, 0.15) is 0 Å². The number of rotatable bonds is 5. The molecule has 0 aliphatic carbocycles. The summed E-state index contributed by atoms with van der Waals surface area (Å²) in [5, 5.41) is 5.87. The lowest BCUT2D eigenvalue weighted by atomic mass is 10.0. The number of amides is 2. The van der Waals surface area contributed by atoms with Gasteiger partial charge in [-0.3, -0.25) is 9.88 Å². The van der Waals surface area contributed by atoms with Crippen molar-refractivity contribution >= 4 is 11.7 Å². The van der Waals surface area contributed by atoms with Crippen LogP contribution in [0.3, 0.4) is 0 Å². The Morgan fingerprint density at radius 2 is 1.96 bits per heavy atom. The molecule has 2 amide bonds. The lowest BCUT2D eigenvalue weighted by molar-refractivity contribution is 0.137. The summed E-state index contributed by atoms with van der Waals surface area (Å²) in [6, 6.07) is 15.7. The number of para-hydroxylation sites is 1. The van der Waals surface area contributed by atoms with Crippen LogP contribution in [0.25, 0.3) is 0 Å². The fourth-order valence-corrected chi connectivity index (χ4v) is 3.11. The van der Waals surface area contributed by atoms with Crippen LogP contribution in [-0.4, -0.2) is 35.0 Å². The Kier molecular flexibility index (Phi) is 5.80. The molecule has 5 heteroatoms. The molecule has 2 heterocycles. The third kappa shape index (κ3) is 4.80. The molecule has 24 heavy (non-hydrogen) atoms. The maximum Gasteiger partial charge on any atom is 0.319 e. The maximum atomic E-state index is 12.1. The number of urea groups is 1. The molecule has 1 aliphatic heterocycles. The third-order valence-corrected chi connectivity index (χ3v) is 4.37. The Labute approximate surface area is 143 Å². The molecule has 1 aliphatic rings. The van der Waals surface area contributed by atoms with Gasteiger partial charge in [0.15, 0.2) is 0 Å². The number of nitrogens with one attached hydrogen (secondary N) is 2. The molecule has 0 unspecified atom stereocenters. The summed E-state index contributed by atoms with van der Waals surface area (Å²) in [4.78, 5) is 18.9. The monoisotopic (exact) mass is 324 g/mol. The zero-order valence-electron chi connectivity index (χ0n) is 13.8. The lowest BCUT2D eigenvalue weighted by Gasteiger charge is -2.35. The van der Waals surface area contributed by atoms with Gasteiger partial charge in [0, 0.05) is 31.0 Å². The summed E-state index contributed by atoms with van der Waals surface area (Å²) < 4.78 is 0. The lowest BCUT2D eigenvalue weighted by Crippen LogP contribution is -2.47. The Balaban J connectivity index is 1.51. The highest BCUT2D eigenvalue weighted by atomic mass is 16.2. The molecular formula is C19H24N4O. The van der Waals surface area contributed by atoms with Crippen molar-refractivity contribution in [2.75, 3.05) is 18.4 Å². The molecule has 1 saturated heterocycles. The molecule has 5 nitrogen and oxygen atoms in total. The fourth-order valence-electron chi connectivity index (χ4n) is 3.11. The van der Waals surface area contributed by atoms with Crippen LogP contribution in [0.1, 0.15) is 25.0 Å². The normalized spacial score (nSPS) is 18.1. The smallest absolute Gasteiger partial charge is 0.319 e. The molecule has 0 bridgehead atoms. The second-order valence-electron chi connectivity index (χ2n) is 6.14. The van der Waals surface area contributed by atoms with Gasteiger partial charge in [-0.2, -0.15) is 0 Å². The number of likely N-dealkylation sites (tertiary alicyclic amines) is 1. The number of aromatic nitrogens is 1. The number of piperidine rings is 1. The van der Waals surface area contributed by atoms with E-state index in [0.717, 1.165) is 30.9 Å². The molecule has 126 valence electrons. The van der Waals surface area contributed by atoms with Crippen molar-refractivity contribution in [2.45, 2.75) is 31.8 Å². The molecule has 2 aromatic rings. The van der Waals surface area contributed by atoms with E-state index < -0.39 is 0 Å². The first-order chi connectivity index (χ1) is 11.8. The molecule has 1 aromatic heterocycles. The molecule has 2 N–H and O–H groups in total. The molecule has 0 saturated carbocycles. The zero-order chi connectivity index (χ0) is 16.6. The Hall–Kier alpha value is -2.40. The summed E-state index contributed by atoms with van der Waals surface area (Å²) >= 11 is 0. The Morgan fingerprint density at radius 1 is 1.12 bits per heavy atom. The summed E-state index contributed by atoms with van der Waals surface area (Å²) in [7, 11) is 0. The molecule has 1 fully saturated rings. The van der Waals surface area contributed by atoms with Crippen LogP contribution in [0.15, 0.2) is 54.7 Å². The number of anilines is 1. The molecule has 0 spiro atoms.